The predicted octanol–water partition coefficient (Wildman–Crippen LogP) is 3.74. The summed E-state index contributed by atoms with van der Waals surface area (Å²) < 4.78 is 13.3. The van der Waals surface area contributed by atoms with Crippen molar-refractivity contribution in [3.05, 3.63) is 70.5 Å². The average Bonchev–Trinajstić information content (AvgIpc) is 2.41. The van der Waals surface area contributed by atoms with Gasteiger partial charge in [0.1, 0.15) is 5.82 Å². The summed E-state index contributed by atoms with van der Waals surface area (Å²) in [6.07, 6.45) is 1.01. The Bertz CT molecular complexity index is 531. The molecule has 2 rings (SSSR count). The van der Waals surface area contributed by atoms with Gasteiger partial charge in [0.05, 0.1) is 6.04 Å². The van der Waals surface area contributed by atoms with Crippen LogP contribution in [0.3, 0.4) is 0 Å². The molecule has 0 aliphatic carbocycles. The van der Waals surface area contributed by atoms with Crippen LogP contribution in [-0.2, 0) is 6.42 Å². The minimum atomic E-state index is -0.272. The first-order valence-electron chi connectivity index (χ1n) is 6.22. The molecule has 2 heteroatoms. The molecule has 1 nitrogen and oxygen atoms in total. The zero-order valence-corrected chi connectivity index (χ0v) is 10.8. The molecule has 2 N–H and O–H groups in total. The molecular formula is C16H18FN. The van der Waals surface area contributed by atoms with Gasteiger partial charge in [-0.2, -0.15) is 0 Å². The topological polar surface area (TPSA) is 26.0 Å². The number of rotatable bonds is 3. The largest absolute Gasteiger partial charge is 0.320 e. The van der Waals surface area contributed by atoms with Gasteiger partial charge >= 0.3 is 0 Å². The van der Waals surface area contributed by atoms with E-state index in [1.54, 1.807) is 6.07 Å². The third-order valence-electron chi connectivity index (χ3n) is 3.32. The fourth-order valence-corrected chi connectivity index (χ4v) is 2.09. The highest BCUT2D eigenvalue weighted by atomic mass is 19.1. The number of hydrogen-bond acceptors (Lipinski definition) is 1. The highest BCUT2D eigenvalue weighted by Gasteiger charge is 2.12. The first-order valence-corrected chi connectivity index (χ1v) is 6.22. The molecule has 0 bridgehead atoms. The molecule has 0 heterocycles. The number of aryl methyl sites for hydroxylation is 2. The lowest BCUT2D eigenvalue weighted by Crippen LogP contribution is -2.13. The Balaban J connectivity index is 2.34. The molecule has 94 valence electrons. The molecule has 1 unspecified atom stereocenters. The van der Waals surface area contributed by atoms with Gasteiger partial charge in [-0.25, -0.2) is 4.39 Å². The summed E-state index contributed by atoms with van der Waals surface area (Å²) in [7, 11) is 0. The van der Waals surface area contributed by atoms with Gasteiger partial charge in [0.15, 0.2) is 0 Å². The molecule has 0 saturated carbocycles. The van der Waals surface area contributed by atoms with E-state index >= 15 is 0 Å². The smallest absolute Gasteiger partial charge is 0.123 e. The Morgan fingerprint density at radius 3 is 2.39 bits per heavy atom. The fraction of sp³-hybridized carbons (Fsp3) is 0.250. The zero-order chi connectivity index (χ0) is 13.1. The summed E-state index contributed by atoms with van der Waals surface area (Å²) in [4.78, 5) is 0. The maximum Gasteiger partial charge on any atom is 0.123 e. The summed E-state index contributed by atoms with van der Waals surface area (Å²) in [6.45, 7) is 4.07. The third-order valence-corrected chi connectivity index (χ3v) is 3.32. The maximum absolute atomic E-state index is 13.3. The highest BCUT2D eigenvalue weighted by Crippen LogP contribution is 2.23. The van der Waals surface area contributed by atoms with Crippen LogP contribution in [-0.4, -0.2) is 0 Å². The Labute approximate surface area is 107 Å². The van der Waals surface area contributed by atoms with Crippen molar-refractivity contribution in [2.45, 2.75) is 26.3 Å². The van der Waals surface area contributed by atoms with Crippen LogP contribution in [0.5, 0.6) is 0 Å². The standard InChI is InChI=1S/C16H18FN/c1-3-12-5-7-13(8-6-12)16(18)15-10-14(17)9-4-11(15)2/h4-10,16H,3,18H2,1-2H3. The van der Waals surface area contributed by atoms with E-state index in [-0.39, 0.29) is 11.9 Å². The fourth-order valence-electron chi connectivity index (χ4n) is 2.09. The van der Waals surface area contributed by atoms with Crippen molar-refractivity contribution < 1.29 is 4.39 Å². The molecule has 0 saturated heterocycles. The molecule has 0 fully saturated rings. The number of hydrogen-bond donors (Lipinski definition) is 1. The minimum Gasteiger partial charge on any atom is -0.320 e. The Kier molecular flexibility index (Phi) is 3.78. The zero-order valence-electron chi connectivity index (χ0n) is 10.8. The molecule has 0 aromatic heterocycles. The molecular weight excluding hydrogens is 225 g/mol. The molecule has 0 spiro atoms. The molecule has 0 aliphatic heterocycles. The quantitative estimate of drug-likeness (QED) is 0.873. The van der Waals surface area contributed by atoms with Gasteiger partial charge < -0.3 is 5.73 Å². The van der Waals surface area contributed by atoms with E-state index in [1.165, 1.54) is 17.7 Å². The van der Waals surface area contributed by atoms with Crippen molar-refractivity contribution in [1.29, 1.82) is 0 Å². The van der Waals surface area contributed by atoms with Crippen LogP contribution in [0.15, 0.2) is 42.5 Å². The van der Waals surface area contributed by atoms with Gasteiger partial charge in [0.2, 0.25) is 0 Å². The first-order chi connectivity index (χ1) is 8.61. The van der Waals surface area contributed by atoms with E-state index in [2.05, 4.69) is 19.1 Å². The van der Waals surface area contributed by atoms with Crippen molar-refractivity contribution in [3.8, 4) is 0 Å². The SMILES string of the molecule is CCc1ccc(C(N)c2cc(F)ccc2C)cc1. The van der Waals surface area contributed by atoms with Crippen LogP contribution in [0.1, 0.15) is 35.2 Å². The molecule has 18 heavy (non-hydrogen) atoms. The van der Waals surface area contributed by atoms with E-state index in [9.17, 15) is 4.39 Å². The van der Waals surface area contributed by atoms with Gasteiger partial charge in [-0.3, -0.25) is 0 Å². The molecule has 2 aromatic carbocycles. The molecule has 2 aromatic rings. The van der Waals surface area contributed by atoms with Crippen LogP contribution < -0.4 is 5.73 Å². The molecule has 0 amide bonds. The summed E-state index contributed by atoms with van der Waals surface area (Å²) in [5, 5.41) is 0. The van der Waals surface area contributed by atoms with Crippen molar-refractivity contribution in [2.75, 3.05) is 0 Å². The van der Waals surface area contributed by atoms with Crippen molar-refractivity contribution in [3.63, 3.8) is 0 Å². The summed E-state index contributed by atoms with van der Waals surface area (Å²) in [5.41, 5.74) is 10.4. The summed E-state index contributed by atoms with van der Waals surface area (Å²) in [5.74, 6) is -0.240. The second kappa shape index (κ2) is 5.32. The summed E-state index contributed by atoms with van der Waals surface area (Å²) >= 11 is 0. The van der Waals surface area contributed by atoms with Crippen molar-refractivity contribution in [2.24, 2.45) is 5.73 Å². The Morgan fingerprint density at radius 2 is 1.78 bits per heavy atom. The van der Waals surface area contributed by atoms with Gasteiger partial charge in [0.25, 0.3) is 0 Å². The van der Waals surface area contributed by atoms with E-state index < -0.39 is 0 Å². The van der Waals surface area contributed by atoms with Crippen molar-refractivity contribution in [1.82, 2.24) is 0 Å². The van der Waals surface area contributed by atoms with E-state index in [4.69, 9.17) is 5.73 Å². The lowest BCUT2D eigenvalue weighted by Gasteiger charge is -2.15. The second-order valence-electron chi connectivity index (χ2n) is 4.57. The van der Waals surface area contributed by atoms with Gasteiger partial charge in [-0.1, -0.05) is 37.3 Å². The monoisotopic (exact) mass is 243 g/mol. The van der Waals surface area contributed by atoms with Crippen LogP contribution in [0.25, 0.3) is 0 Å². The normalized spacial score (nSPS) is 12.4. The average molecular weight is 243 g/mol. The van der Waals surface area contributed by atoms with E-state index in [0.717, 1.165) is 23.1 Å². The molecule has 0 radical (unpaired) electrons. The lowest BCUT2D eigenvalue weighted by atomic mass is 9.95. The third kappa shape index (κ3) is 2.59. The van der Waals surface area contributed by atoms with Crippen LogP contribution >= 0.6 is 0 Å². The molecule has 0 aliphatic rings. The van der Waals surface area contributed by atoms with Crippen molar-refractivity contribution >= 4 is 0 Å². The predicted molar refractivity (Wildman–Crippen MR) is 73.0 cm³/mol. The maximum atomic E-state index is 13.3. The van der Waals surface area contributed by atoms with Gasteiger partial charge in [-0.05, 0) is 47.7 Å². The minimum absolute atomic E-state index is 0.240. The van der Waals surface area contributed by atoms with Gasteiger partial charge in [0, 0.05) is 0 Å². The number of benzene rings is 2. The Hall–Kier alpha value is -1.67. The number of halogens is 1. The molecule has 1 atom stereocenters. The first kappa shape index (κ1) is 12.8. The van der Waals surface area contributed by atoms with Crippen LogP contribution in [0.2, 0.25) is 0 Å². The Morgan fingerprint density at radius 1 is 1.11 bits per heavy atom. The van der Waals surface area contributed by atoms with Crippen LogP contribution in [0.4, 0.5) is 4.39 Å². The number of nitrogens with two attached hydrogens (primary N) is 1. The van der Waals surface area contributed by atoms with Gasteiger partial charge in [-0.15, -0.1) is 0 Å². The van der Waals surface area contributed by atoms with E-state index in [0.29, 0.717) is 0 Å². The summed E-state index contributed by atoms with van der Waals surface area (Å²) in [6, 6.07) is 12.7. The highest BCUT2D eigenvalue weighted by molar-refractivity contribution is 5.37. The second-order valence-corrected chi connectivity index (χ2v) is 4.57. The lowest BCUT2D eigenvalue weighted by molar-refractivity contribution is 0.622. The van der Waals surface area contributed by atoms with E-state index in [1.807, 2.05) is 19.1 Å². The van der Waals surface area contributed by atoms with Crippen LogP contribution in [0, 0.1) is 12.7 Å².